The zero-order valence-electron chi connectivity index (χ0n) is 12.4. The highest BCUT2D eigenvalue weighted by atomic mass is 16.3. The Kier molecular flexibility index (Phi) is 3.44. The molecule has 5 aliphatic rings. The van der Waals surface area contributed by atoms with Crippen molar-refractivity contribution in [2.24, 2.45) is 5.92 Å². The van der Waals surface area contributed by atoms with Crippen LogP contribution in [0.25, 0.3) is 0 Å². The SMILES string of the molecule is O[C@H](C1=CC=CC2=CC=CC=C1C2)[C@@H]1CC2CCN1CC2. The molecule has 3 heterocycles. The predicted molar refractivity (Wildman–Crippen MR) is 85.9 cm³/mol. The van der Waals surface area contributed by atoms with Crippen molar-refractivity contribution in [3.8, 4) is 0 Å². The van der Waals surface area contributed by atoms with Gasteiger partial charge in [0, 0.05) is 6.04 Å². The van der Waals surface area contributed by atoms with E-state index in [-0.39, 0.29) is 6.10 Å². The minimum Gasteiger partial charge on any atom is -0.387 e. The van der Waals surface area contributed by atoms with Crippen molar-refractivity contribution in [2.45, 2.75) is 37.8 Å². The molecule has 1 N–H and O–H groups in total. The van der Waals surface area contributed by atoms with E-state index in [1.807, 2.05) is 0 Å². The van der Waals surface area contributed by atoms with E-state index in [0.717, 1.165) is 24.3 Å². The molecule has 2 nitrogen and oxygen atoms in total. The molecule has 5 rings (SSSR count). The van der Waals surface area contributed by atoms with E-state index in [0.29, 0.717) is 6.04 Å². The summed E-state index contributed by atoms with van der Waals surface area (Å²) in [5.74, 6) is 0.829. The summed E-state index contributed by atoms with van der Waals surface area (Å²) in [7, 11) is 0. The number of hydrogen-bond acceptors (Lipinski definition) is 2. The number of nitrogens with zero attached hydrogens (tertiary/aromatic N) is 1. The first-order chi connectivity index (χ1) is 10.3. The summed E-state index contributed by atoms with van der Waals surface area (Å²) in [6.07, 6.45) is 19.3. The van der Waals surface area contributed by atoms with Crippen molar-refractivity contribution in [2.75, 3.05) is 13.1 Å². The molecule has 3 fully saturated rings. The molecule has 0 aromatic carbocycles. The van der Waals surface area contributed by atoms with Crippen molar-refractivity contribution < 1.29 is 5.11 Å². The van der Waals surface area contributed by atoms with Gasteiger partial charge in [0.25, 0.3) is 0 Å². The van der Waals surface area contributed by atoms with Gasteiger partial charge in [-0.15, -0.1) is 0 Å². The molecule has 0 aromatic rings. The number of fused-ring (bicyclic) bond motifs is 5. The highest BCUT2D eigenvalue weighted by Crippen LogP contribution is 2.37. The van der Waals surface area contributed by atoms with Crippen LogP contribution in [-0.4, -0.2) is 35.2 Å². The van der Waals surface area contributed by atoms with E-state index in [1.54, 1.807) is 0 Å². The fraction of sp³-hybridized carbons (Fsp3) is 0.474. The second-order valence-electron chi connectivity index (χ2n) is 6.70. The molecule has 3 aliphatic heterocycles. The standard InChI is InChI=1S/C19H23NO/c21-19(18-13-15-8-10-20(18)11-9-15)17-7-3-5-14-4-1-2-6-16(17)12-14/h1-7,15,18-19,21H,8-13H2/t18-,19+/m0/s1. The molecular formula is C19H23NO. The average molecular weight is 281 g/mol. The van der Waals surface area contributed by atoms with Crippen LogP contribution in [0.3, 0.4) is 0 Å². The molecule has 2 aliphatic carbocycles. The molecule has 0 radical (unpaired) electrons. The molecule has 0 unspecified atom stereocenters. The Morgan fingerprint density at radius 2 is 1.86 bits per heavy atom. The van der Waals surface area contributed by atoms with Crippen molar-refractivity contribution in [3.63, 3.8) is 0 Å². The second kappa shape index (κ2) is 5.43. The van der Waals surface area contributed by atoms with Gasteiger partial charge in [0.15, 0.2) is 0 Å². The van der Waals surface area contributed by atoms with E-state index < -0.39 is 0 Å². The fourth-order valence-corrected chi connectivity index (χ4v) is 4.22. The lowest BCUT2D eigenvalue weighted by molar-refractivity contribution is -0.0111. The minimum absolute atomic E-state index is 0.316. The normalized spacial score (nSPS) is 35.5. The van der Waals surface area contributed by atoms with Gasteiger partial charge < -0.3 is 5.11 Å². The van der Waals surface area contributed by atoms with Crippen molar-refractivity contribution in [1.82, 2.24) is 4.90 Å². The Labute approximate surface area is 126 Å². The monoisotopic (exact) mass is 281 g/mol. The van der Waals surface area contributed by atoms with Crippen molar-refractivity contribution in [1.29, 1.82) is 0 Å². The topological polar surface area (TPSA) is 23.5 Å². The summed E-state index contributed by atoms with van der Waals surface area (Å²) in [5.41, 5.74) is 3.72. The van der Waals surface area contributed by atoms with E-state index in [1.165, 1.54) is 37.1 Å². The van der Waals surface area contributed by atoms with Gasteiger partial charge in [0.2, 0.25) is 0 Å². The molecule has 110 valence electrons. The molecule has 2 atom stereocenters. The molecule has 0 saturated carbocycles. The van der Waals surface area contributed by atoms with E-state index in [4.69, 9.17) is 0 Å². The van der Waals surface area contributed by atoms with E-state index in [9.17, 15) is 5.11 Å². The van der Waals surface area contributed by atoms with Crippen LogP contribution in [0.5, 0.6) is 0 Å². The first-order valence-corrected chi connectivity index (χ1v) is 8.18. The Balaban J connectivity index is 1.62. The van der Waals surface area contributed by atoms with Gasteiger partial charge in [-0.1, -0.05) is 42.5 Å². The second-order valence-corrected chi connectivity index (χ2v) is 6.70. The lowest BCUT2D eigenvalue weighted by Gasteiger charge is -2.47. The molecule has 0 spiro atoms. The fourth-order valence-electron chi connectivity index (χ4n) is 4.22. The quantitative estimate of drug-likeness (QED) is 0.840. The highest BCUT2D eigenvalue weighted by Gasteiger charge is 2.39. The number of hydrogen-bond donors (Lipinski definition) is 1. The highest BCUT2D eigenvalue weighted by molar-refractivity contribution is 5.49. The van der Waals surface area contributed by atoms with Crippen LogP contribution >= 0.6 is 0 Å². The molecule has 4 bridgehead atoms. The van der Waals surface area contributed by atoms with Gasteiger partial charge in [-0.25, -0.2) is 0 Å². The number of allylic oxidation sites excluding steroid dienone is 8. The van der Waals surface area contributed by atoms with Gasteiger partial charge in [-0.2, -0.15) is 0 Å². The zero-order chi connectivity index (χ0) is 14.2. The summed E-state index contributed by atoms with van der Waals surface area (Å²) in [6, 6.07) is 0.316. The van der Waals surface area contributed by atoms with Crippen molar-refractivity contribution >= 4 is 0 Å². The molecule has 0 amide bonds. The maximum absolute atomic E-state index is 11.0. The third kappa shape index (κ3) is 2.47. The largest absolute Gasteiger partial charge is 0.387 e. The maximum Gasteiger partial charge on any atom is 0.0948 e. The number of aliphatic hydroxyl groups excluding tert-OH is 1. The number of rotatable bonds is 2. The summed E-state index contributed by atoms with van der Waals surface area (Å²) in [5, 5.41) is 11.0. The lowest BCUT2D eigenvalue weighted by Crippen LogP contribution is -2.54. The Hall–Kier alpha value is -1.38. The van der Waals surface area contributed by atoms with Gasteiger partial charge in [-0.3, -0.25) is 4.90 Å². The van der Waals surface area contributed by atoms with Gasteiger partial charge in [0.1, 0.15) is 0 Å². The Bertz CT molecular complexity index is 570. The molecular weight excluding hydrogens is 258 g/mol. The lowest BCUT2D eigenvalue weighted by atomic mass is 9.78. The molecule has 3 saturated heterocycles. The third-order valence-electron chi connectivity index (χ3n) is 5.45. The van der Waals surface area contributed by atoms with E-state index in [2.05, 4.69) is 47.4 Å². The average Bonchev–Trinajstić information content (AvgIpc) is 2.89. The summed E-state index contributed by atoms with van der Waals surface area (Å²) >= 11 is 0. The van der Waals surface area contributed by atoms with Crippen LogP contribution in [0.1, 0.15) is 25.7 Å². The van der Waals surface area contributed by atoms with Crippen LogP contribution in [0.2, 0.25) is 0 Å². The van der Waals surface area contributed by atoms with Gasteiger partial charge in [-0.05, 0) is 61.4 Å². The van der Waals surface area contributed by atoms with Gasteiger partial charge >= 0.3 is 0 Å². The third-order valence-corrected chi connectivity index (χ3v) is 5.45. The van der Waals surface area contributed by atoms with Crippen LogP contribution < -0.4 is 0 Å². The summed E-state index contributed by atoms with van der Waals surface area (Å²) in [6.45, 7) is 2.33. The summed E-state index contributed by atoms with van der Waals surface area (Å²) in [4.78, 5) is 2.50. The van der Waals surface area contributed by atoms with Crippen LogP contribution in [0.15, 0.2) is 59.3 Å². The number of piperidine rings is 3. The maximum atomic E-state index is 11.0. The van der Waals surface area contributed by atoms with Crippen LogP contribution in [0, 0.1) is 5.92 Å². The predicted octanol–water partition coefficient (Wildman–Crippen LogP) is 3.14. The first kappa shape index (κ1) is 13.3. The van der Waals surface area contributed by atoms with Crippen molar-refractivity contribution in [3.05, 3.63) is 59.3 Å². The van der Waals surface area contributed by atoms with E-state index >= 15 is 0 Å². The Morgan fingerprint density at radius 3 is 2.62 bits per heavy atom. The Morgan fingerprint density at radius 1 is 1.05 bits per heavy atom. The van der Waals surface area contributed by atoms with Gasteiger partial charge in [0.05, 0.1) is 6.10 Å². The van der Waals surface area contributed by atoms with Crippen LogP contribution in [-0.2, 0) is 0 Å². The number of aliphatic hydroxyl groups is 1. The van der Waals surface area contributed by atoms with Crippen LogP contribution in [0.4, 0.5) is 0 Å². The summed E-state index contributed by atoms with van der Waals surface area (Å²) < 4.78 is 0. The first-order valence-electron chi connectivity index (χ1n) is 8.18. The smallest absolute Gasteiger partial charge is 0.0948 e. The minimum atomic E-state index is -0.352. The molecule has 2 heteroatoms. The molecule has 0 aromatic heterocycles. The zero-order valence-corrected chi connectivity index (χ0v) is 12.4. The molecule has 21 heavy (non-hydrogen) atoms.